The van der Waals surface area contributed by atoms with Gasteiger partial charge in [-0.2, -0.15) is 0 Å². The predicted molar refractivity (Wildman–Crippen MR) is 117 cm³/mol. The lowest BCUT2D eigenvalue weighted by atomic mass is 9.99. The number of carbonyl (C=O) groups is 2. The van der Waals surface area contributed by atoms with Crippen LogP contribution in [0.25, 0.3) is 0 Å². The molecular weight excluding hydrogens is 398 g/mol. The molecule has 3 N–H and O–H groups in total. The number of hydrogen-bond donors (Lipinski definition) is 3. The number of amides is 2. The monoisotopic (exact) mass is 433 g/mol. The fourth-order valence-electron chi connectivity index (χ4n) is 4.19. The van der Waals surface area contributed by atoms with Crippen LogP contribution in [0.5, 0.6) is 0 Å². The molecule has 8 heteroatoms. The molecule has 2 aliphatic rings. The number of hydrogen-bond acceptors (Lipinski definition) is 6. The summed E-state index contributed by atoms with van der Waals surface area (Å²) < 4.78 is 10.7. The molecule has 3 rings (SSSR count). The number of benzene rings is 1. The minimum Gasteiger partial charge on any atom is -0.444 e. The SMILES string of the molecule is CC(C)CN(C[C@@H](O)[C@H](Cc1ccccc1)NC(=O)O[C@H]1CCOC1)[C@H]1CCNC1=O. The average Bonchev–Trinajstić information content (AvgIpc) is 3.39. The largest absolute Gasteiger partial charge is 0.444 e. The minimum atomic E-state index is -0.861. The molecule has 0 saturated carbocycles. The summed E-state index contributed by atoms with van der Waals surface area (Å²) in [6.07, 6.45) is 0.195. The zero-order valence-electron chi connectivity index (χ0n) is 18.5. The van der Waals surface area contributed by atoms with Crippen LogP contribution in [0.4, 0.5) is 4.79 Å². The Morgan fingerprint density at radius 1 is 1.29 bits per heavy atom. The molecule has 2 amide bonds. The highest BCUT2D eigenvalue weighted by Gasteiger charge is 2.34. The highest BCUT2D eigenvalue weighted by Crippen LogP contribution is 2.16. The molecule has 2 saturated heterocycles. The van der Waals surface area contributed by atoms with Crippen LogP contribution in [0, 0.1) is 5.92 Å². The topological polar surface area (TPSA) is 100 Å². The summed E-state index contributed by atoms with van der Waals surface area (Å²) in [6.45, 7) is 6.80. The summed E-state index contributed by atoms with van der Waals surface area (Å²) in [5, 5.41) is 16.9. The van der Waals surface area contributed by atoms with Gasteiger partial charge < -0.3 is 25.2 Å². The Balaban J connectivity index is 1.68. The summed E-state index contributed by atoms with van der Waals surface area (Å²) in [6, 6.07) is 8.93. The zero-order chi connectivity index (χ0) is 22.2. The van der Waals surface area contributed by atoms with E-state index in [-0.39, 0.29) is 18.1 Å². The Kier molecular flexibility index (Phi) is 8.69. The van der Waals surface area contributed by atoms with E-state index in [4.69, 9.17) is 9.47 Å². The van der Waals surface area contributed by atoms with Crippen LogP contribution >= 0.6 is 0 Å². The molecule has 0 bridgehead atoms. The molecule has 2 aliphatic heterocycles. The fourth-order valence-corrected chi connectivity index (χ4v) is 4.19. The van der Waals surface area contributed by atoms with Crippen molar-refractivity contribution in [1.29, 1.82) is 0 Å². The summed E-state index contributed by atoms with van der Waals surface area (Å²) in [5.74, 6) is 0.342. The fraction of sp³-hybridized carbons (Fsp3) is 0.652. The lowest BCUT2D eigenvalue weighted by Gasteiger charge is -2.33. The Labute approximate surface area is 184 Å². The van der Waals surface area contributed by atoms with Gasteiger partial charge in [0.25, 0.3) is 0 Å². The molecule has 2 heterocycles. The lowest BCUT2D eigenvalue weighted by Crippen LogP contribution is -2.53. The van der Waals surface area contributed by atoms with Crippen molar-refractivity contribution in [2.75, 3.05) is 32.8 Å². The smallest absolute Gasteiger partial charge is 0.407 e. The van der Waals surface area contributed by atoms with Gasteiger partial charge in [0, 0.05) is 26.1 Å². The van der Waals surface area contributed by atoms with E-state index in [1.165, 1.54) is 0 Å². The molecule has 2 fully saturated rings. The maximum absolute atomic E-state index is 12.5. The van der Waals surface area contributed by atoms with Crippen LogP contribution in [-0.4, -0.2) is 79.1 Å². The molecular formula is C23H35N3O5. The van der Waals surface area contributed by atoms with Crippen LogP contribution in [-0.2, 0) is 20.7 Å². The van der Waals surface area contributed by atoms with Crippen LogP contribution in [0.2, 0.25) is 0 Å². The van der Waals surface area contributed by atoms with E-state index in [2.05, 4.69) is 24.5 Å². The second-order valence-corrected chi connectivity index (χ2v) is 8.84. The van der Waals surface area contributed by atoms with Gasteiger partial charge >= 0.3 is 6.09 Å². The van der Waals surface area contributed by atoms with Gasteiger partial charge in [-0.1, -0.05) is 44.2 Å². The van der Waals surface area contributed by atoms with E-state index < -0.39 is 18.2 Å². The first-order valence-corrected chi connectivity index (χ1v) is 11.2. The molecule has 0 unspecified atom stereocenters. The van der Waals surface area contributed by atoms with Crippen molar-refractivity contribution < 1.29 is 24.2 Å². The standard InChI is InChI=1S/C23H35N3O5/c1-16(2)13-26(20-8-10-24-22(20)28)14-21(27)19(12-17-6-4-3-5-7-17)25-23(29)31-18-9-11-30-15-18/h3-7,16,18-21,27H,8-15H2,1-2H3,(H,24,28)(H,25,29)/t18-,19-,20-,21+/m0/s1. The molecule has 0 spiro atoms. The van der Waals surface area contributed by atoms with Gasteiger partial charge in [-0.25, -0.2) is 4.79 Å². The molecule has 0 aliphatic carbocycles. The van der Waals surface area contributed by atoms with E-state index >= 15 is 0 Å². The van der Waals surface area contributed by atoms with Crippen LogP contribution in [0.15, 0.2) is 30.3 Å². The van der Waals surface area contributed by atoms with Crippen molar-refractivity contribution in [1.82, 2.24) is 15.5 Å². The van der Waals surface area contributed by atoms with Crippen LogP contribution < -0.4 is 10.6 Å². The van der Waals surface area contributed by atoms with E-state index in [0.717, 1.165) is 12.0 Å². The number of nitrogens with zero attached hydrogens (tertiary/aromatic N) is 1. The van der Waals surface area contributed by atoms with Crippen molar-refractivity contribution in [3.05, 3.63) is 35.9 Å². The van der Waals surface area contributed by atoms with Gasteiger partial charge in [0.15, 0.2) is 0 Å². The maximum atomic E-state index is 12.5. The number of aliphatic hydroxyl groups excluding tert-OH is 1. The minimum absolute atomic E-state index is 0.000983. The Hall–Kier alpha value is -2.16. The number of rotatable bonds is 10. The lowest BCUT2D eigenvalue weighted by molar-refractivity contribution is -0.124. The number of nitrogens with one attached hydrogen (secondary N) is 2. The van der Waals surface area contributed by atoms with Crippen molar-refractivity contribution in [2.45, 2.75) is 57.4 Å². The highest BCUT2D eigenvalue weighted by atomic mass is 16.6. The third-order valence-corrected chi connectivity index (χ3v) is 5.71. The first kappa shape index (κ1) is 23.5. The van der Waals surface area contributed by atoms with Crippen molar-refractivity contribution >= 4 is 12.0 Å². The van der Waals surface area contributed by atoms with Gasteiger partial charge in [0.1, 0.15) is 6.10 Å². The summed E-state index contributed by atoms with van der Waals surface area (Å²) in [4.78, 5) is 26.8. The zero-order valence-corrected chi connectivity index (χ0v) is 18.5. The van der Waals surface area contributed by atoms with Gasteiger partial charge in [0.05, 0.1) is 31.4 Å². The second-order valence-electron chi connectivity index (χ2n) is 8.84. The molecule has 0 radical (unpaired) electrons. The molecule has 1 aromatic rings. The molecule has 172 valence electrons. The predicted octanol–water partition coefficient (Wildman–Crippen LogP) is 1.32. The third kappa shape index (κ3) is 7.19. The van der Waals surface area contributed by atoms with E-state index in [9.17, 15) is 14.7 Å². The Bertz CT molecular complexity index is 708. The number of ether oxygens (including phenoxy) is 2. The van der Waals surface area contributed by atoms with Gasteiger partial charge in [0.2, 0.25) is 5.91 Å². The first-order valence-electron chi connectivity index (χ1n) is 11.2. The molecule has 31 heavy (non-hydrogen) atoms. The third-order valence-electron chi connectivity index (χ3n) is 5.71. The van der Waals surface area contributed by atoms with E-state index in [1.807, 2.05) is 35.2 Å². The summed E-state index contributed by atoms with van der Waals surface area (Å²) in [7, 11) is 0. The summed E-state index contributed by atoms with van der Waals surface area (Å²) >= 11 is 0. The quantitative estimate of drug-likeness (QED) is 0.515. The van der Waals surface area contributed by atoms with Crippen molar-refractivity contribution in [2.24, 2.45) is 5.92 Å². The molecule has 4 atom stereocenters. The van der Waals surface area contributed by atoms with E-state index in [0.29, 0.717) is 51.6 Å². The van der Waals surface area contributed by atoms with Crippen LogP contribution in [0.3, 0.4) is 0 Å². The molecule has 8 nitrogen and oxygen atoms in total. The molecule has 1 aromatic carbocycles. The number of aliphatic hydroxyl groups is 1. The Morgan fingerprint density at radius 3 is 2.68 bits per heavy atom. The second kappa shape index (κ2) is 11.5. The highest BCUT2D eigenvalue weighted by molar-refractivity contribution is 5.83. The maximum Gasteiger partial charge on any atom is 0.407 e. The van der Waals surface area contributed by atoms with Crippen LogP contribution in [0.1, 0.15) is 32.3 Å². The summed E-state index contributed by atoms with van der Waals surface area (Å²) in [5.41, 5.74) is 1.00. The van der Waals surface area contributed by atoms with Gasteiger partial charge in [-0.15, -0.1) is 0 Å². The molecule has 0 aromatic heterocycles. The number of alkyl carbamates (subject to hydrolysis) is 1. The van der Waals surface area contributed by atoms with Crippen molar-refractivity contribution in [3.8, 4) is 0 Å². The van der Waals surface area contributed by atoms with Gasteiger partial charge in [-0.05, 0) is 24.3 Å². The van der Waals surface area contributed by atoms with Crippen molar-refractivity contribution in [3.63, 3.8) is 0 Å². The average molecular weight is 434 g/mol. The Morgan fingerprint density at radius 2 is 2.06 bits per heavy atom. The normalized spacial score (nSPS) is 23.1. The number of carbonyl (C=O) groups excluding carboxylic acids is 2. The van der Waals surface area contributed by atoms with Gasteiger partial charge in [-0.3, -0.25) is 9.69 Å². The first-order chi connectivity index (χ1) is 14.9. The van der Waals surface area contributed by atoms with E-state index in [1.54, 1.807) is 0 Å².